The van der Waals surface area contributed by atoms with Gasteiger partial charge in [0.2, 0.25) is 0 Å². The first kappa shape index (κ1) is 37.0. The second-order valence-corrected chi connectivity index (χ2v) is 11.1. The summed E-state index contributed by atoms with van der Waals surface area (Å²) in [6.45, 7) is -3.39. The lowest BCUT2D eigenvalue weighted by Gasteiger charge is -2.49. The summed E-state index contributed by atoms with van der Waals surface area (Å²) < 4.78 is 37.7. The van der Waals surface area contributed by atoms with Crippen molar-refractivity contribution in [2.24, 2.45) is 0 Å². The van der Waals surface area contributed by atoms with Crippen molar-refractivity contribution in [1.29, 1.82) is 0 Å². The van der Waals surface area contributed by atoms with Crippen LogP contribution in [0.4, 0.5) is 0 Å². The number of hydrogen-bond acceptors (Lipinski definition) is 21. The molecular weight excluding hydrogens is 624 g/mol. The summed E-state index contributed by atoms with van der Waals surface area (Å²) in [6.07, 6.45) is -35.3. The highest BCUT2D eigenvalue weighted by Gasteiger charge is 2.55. The van der Waals surface area contributed by atoms with Gasteiger partial charge in [-0.3, -0.25) is 0 Å². The minimum absolute atomic E-state index is 0.784. The normalized spacial score (nSPS) is 52.9. The van der Waals surface area contributed by atoms with Crippen molar-refractivity contribution >= 4 is 0 Å². The third-order valence-electron chi connectivity index (χ3n) is 8.20. The number of aliphatic hydroxyl groups is 14. The van der Waals surface area contributed by atoms with Gasteiger partial charge in [0.15, 0.2) is 25.2 Å². The van der Waals surface area contributed by atoms with Crippen molar-refractivity contribution in [1.82, 2.24) is 0 Å². The van der Waals surface area contributed by atoms with E-state index < -0.39 is 149 Å². The van der Waals surface area contributed by atoms with E-state index in [4.69, 9.17) is 33.2 Å². The molecular formula is C24H42O21. The van der Waals surface area contributed by atoms with Crippen LogP contribution in [-0.2, 0) is 33.2 Å². The average Bonchev–Trinajstić information content (AvgIpc) is 3.03. The monoisotopic (exact) mass is 666 g/mol. The van der Waals surface area contributed by atoms with E-state index in [1.165, 1.54) is 0 Å². The van der Waals surface area contributed by atoms with E-state index >= 15 is 0 Å². The van der Waals surface area contributed by atoms with Crippen molar-refractivity contribution in [3.05, 3.63) is 0 Å². The maximum atomic E-state index is 10.9. The molecule has 0 amide bonds. The van der Waals surface area contributed by atoms with Crippen LogP contribution in [-0.4, -0.2) is 221 Å². The highest BCUT2D eigenvalue weighted by atomic mass is 16.8. The minimum Gasteiger partial charge on any atom is -0.394 e. The Morgan fingerprint density at radius 3 is 1.02 bits per heavy atom. The summed E-state index contributed by atoms with van der Waals surface area (Å²) >= 11 is 0. The summed E-state index contributed by atoms with van der Waals surface area (Å²) in [6, 6.07) is 0. The molecule has 21 heteroatoms. The molecule has 45 heavy (non-hydrogen) atoms. The molecule has 0 spiro atoms. The Hall–Kier alpha value is -0.840. The van der Waals surface area contributed by atoms with E-state index in [0.29, 0.717) is 0 Å². The summed E-state index contributed by atoms with van der Waals surface area (Å²) in [5.41, 5.74) is 0. The van der Waals surface area contributed by atoms with Gasteiger partial charge in [0.05, 0.1) is 26.4 Å². The maximum absolute atomic E-state index is 10.9. The summed E-state index contributed by atoms with van der Waals surface area (Å²) in [5.74, 6) is 0. The van der Waals surface area contributed by atoms with Gasteiger partial charge in [-0.1, -0.05) is 0 Å². The van der Waals surface area contributed by atoms with Crippen LogP contribution in [0.25, 0.3) is 0 Å². The molecule has 4 heterocycles. The second kappa shape index (κ2) is 15.6. The molecule has 0 saturated carbocycles. The lowest BCUT2D eigenvalue weighted by molar-refractivity contribution is -0.387. The van der Waals surface area contributed by atoms with Gasteiger partial charge in [-0.05, 0) is 0 Å². The Balaban J connectivity index is 1.43. The van der Waals surface area contributed by atoms with Crippen LogP contribution in [0.15, 0.2) is 0 Å². The molecule has 4 aliphatic heterocycles. The van der Waals surface area contributed by atoms with Gasteiger partial charge in [-0.25, -0.2) is 0 Å². The Kier molecular flexibility index (Phi) is 12.8. The molecule has 4 aliphatic rings. The second-order valence-electron chi connectivity index (χ2n) is 11.1. The zero-order chi connectivity index (χ0) is 33.3. The third-order valence-corrected chi connectivity index (χ3v) is 8.20. The molecule has 0 aromatic carbocycles. The van der Waals surface area contributed by atoms with E-state index in [-0.39, 0.29) is 0 Å². The van der Waals surface area contributed by atoms with Gasteiger partial charge < -0.3 is 105 Å². The van der Waals surface area contributed by atoms with Crippen LogP contribution in [0.3, 0.4) is 0 Å². The lowest BCUT2D eigenvalue weighted by atomic mass is 9.95. The van der Waals surface area contributed by atoms with Crippen LogP contribution in [0, 0.1) is 0 Å². The molecule has 0 aromatic rings. The van der Waals surface area contributed by atoms with Crippen molar-refractivity contribution in [3.8, 4) is 0 Å². The molecule has 20 atom stereocenters. The first-order valence-electron chi connectivity index (χ1n) is 14.1. The minimum atomic E-state index is -2.02. The first-order chi connectivity index (χ1) is 21.3. The fraction of sp³-hybridized carbons (Fsp3) is 1.00. The van der Waals surface area contributed by atoms with Crippen LogP contribution in [0.2, 0.25) is 0 Å². The lowest BCUT2D eigenvalue weighted by Crippen LogP contribution is -2.67. The van der Waals surface area contributed by atoms with Gasteiger partial charge in [0, 0.05) is 0 Å². The van der Waals surface area contributed by atoms with Crippen molar-refractivity contribution in [2.45, 2.75) is 123 Å². The summed E-state index contributed by atoms with van der Waals surface area (Å²) in [7, 11) is 0. The molecule has 0 aliphatic carbocycles. The number of hydrogen-bond donors (Lipinski definition) is 14. The van der Waals surface area contributed by atoms with Crippen molar-refractivity contribution < 1.29 is 105 Å². The van der Waals surface area contributed by atoms with E-state index in [2.05, 4.69) is 0 Å². The molecule has 4 saturated heterocycles. The van der Waals surface area contributed by atoms with E-state index in [1.54, 1.807) is 0 Å². The standard InChI is InChI=1S/C24H42O21/c25-1-5-9(29)10(30)15(35)22(40-5)44-19-7(3-27)42-24(17(37)12(19)32)45-20-8(4-28)41-23(16(36)13(20)33)43-18-6(2-26)39-21(38)14(34)11(18)31/h5-38H,1-4H2/t5-,6-,7-,8-,9-,10+,11-,12-,13-,14+,15-,16+,17-,18-,19-,20-,21+,22+,23+,24+/m1/s1. The predicted octanol–water partition coefficient (Wildman–Crippen LogP) is -9.75. The largest absolute Gasteiger partial charge is 0.394 e. The Labute approximate surface area is 254 Å². The molecule has 264 valence electrons. The molecule has 0 radical (unpaired) electrons. The topological polar surface area (TPSA) is 348 Å². The van der Waals surface area contributed by atoms with Crippen molar-refractivity contribution in [3.63, 3.8) is 0 Å². The molecule has 0 bridgehead atoms. The molecule has 0 unspecified atom stereocenters. The highest BCUT2D eigenvalue weighted by Crippen LogP contribution is 2.34. The Morgan fingerprint density at radius 2 is 0.644 bits per heavy atom. The fourth-order valence-electron chi connectivity index (χ4n) is 5.55. The predicted molar refractivity (Wildman–Crippen MR) is 134 cm³/mol. The SMILES string of the molecule is OC[C@H]1O[C@@H](O[C@H]2[C@H](O)[C@@H](O)[C@H](O[C@H]3[C@H](O)[C@H](O)[C@H](O[C@H]4[C@H](O)[C@H](O)[C@@H](O)O[C@@H]4CO)O[C@@H]3CO)O[C@@H]2CO)[C@H](O)[C@@H](O)[C@@H]1O. The fourth-order valence-corrected chi connectivity index (χ4v) is 5.55. The quantitative estimate of drug-likeness (QED) is 0.103. The Morgan fingerprint density at radius 1 is 0.333 bits per heavy atom. The van der Waals surface area contributed by atoms with Crippen LogP contribution < -0.4 is 0 Å². The van der Waals surface area contributed by atoms with Crippen LogP contribution in [0.5, 0.6) is 0 Å². The van der Waals surface area contributed by atoms with E-state index in [0.717, 1.165) is 0 Å². The third kappa shape index (κ3) is 7.44. The van der Waals surface area contributed by atoms with Gasteiger partial charge in [0.25, 0.3) is 0 Å². The van der Waals surface area contributed by atoms with Gasteiger partial charge in [-0.2, -0.15) is 0 Å². The van der Waals surface area contributed by atoms with E-state index in [1.807, 2.05) is 0 Å². The van der Waals surface area contributed by atoms with Gasteiger partial charge >= 0.3 is 0 Å². The number of ether oxygens (including phenoxy) is 7. The van der Waals surface area contributed by atoms with Gasteiger partial charge in [0.1, 0.15) is 97.7 Å². The molecule has 4 fully saturated rings. The molecule has 0 aromatic heterocycles. The smallest absolute Gasteiger partial charge is 0.187 e. The zero-order valence-corrected chi connectivity index (χ0v) is 23.5. The van der Waals surface area contributed by atoms with Crippen LogP contribution >= 0.6 is 0 Å². The summed E-state index contributed by atoms with van der Waals surface area (Å²) in [4.78, 5) is 0. The maximum Gasteiger partial charge on any atom is 0.187 e. The van der Waals surface area contributed by atoms with E-state index in [9.17, 15) is 71.5 Å². The van der Waals surface area contributed by atoms with Crippen LogP contribution in [0.1, 0.15) is 0 Å². The molecule has 14 N–H and O–H groups in total. The highest BCUT2D eigenvalue weighted by molar-refractivity contribution is 4.97. The summed E-state index contributed by atoms with van der Waals surface area (Å²) in [5, 5.41) is 142. The van der Waals surface area contributed by atoms with Crippen molar-refractivity contribution in [2.75, 3.05) is 26.4 Å². The zero-order valence-electron chi connectivity index (χ0n) is 23.5. The average molecular weight is 667 g/mol. The Bertz CT molecular complexity index is 910. The number of rotatable bonds is 10. The molecule has 4 rings (SSSR count). The number of aliphatic hydroxyl groups excluding tert-OH is 14. The first-order valence-corrected chi connectivity index (χ1v) is 14.1. The molecule has 21 nitrogen and oxygen atoms in total. The van der Waals surface area contributed by atoms with Gasteiger partial charge in [-0.15, -0.1) is 0 Å².